The summed E-state index contributed by atoms with van der Waals surface area (Å²) in [5.41, 5.74) is 3.14. The van der Waals surface area contributed by atoms with Crippen molar-refractivity contribution in [2.75, 3.05) is 20.8 Å². The van der Waals surface area contributed by atoms with E-state index in [9.17, 15) is 9.59 Å². The van der Waals surface area contributed by atoms with Gasteiger partial charge in [-0.25, -0.2) is 4.79 Å². The van der Waals surface area contributed by atoms with Crippen molar-refractivity contribution in [3.63, 3.8) is 0 Å². The average molecular weight is 381 g/mol. The maximum atomic E-state index is 12.1. The monoisotopic (exact) mass is 381 g/mol. The van der Waals surface area contributed by atoms with E-state index in [1.165, 1.54) is 11.6 Å². The Kier molecular flexibility index (Phi) is 6.32. The number of ether oxygens (including phenoxy) is 3. The lowest BCUT2D eigenvalue weighted by Crippen LogP contribution is -2.31. The Morgan fingerprint density at radius 1 is 1.11 bits per heavy atom. The maximum Gasteiger partial charge on any atom is 0.331 e. The van der Waals surface area contributed by atoms with Crippen molar-refractivity contribution in [1.29, 1.82) is 0 Å². The average Bonchev–Trinajstić information content (AvgIpc) is 3.13. The molecule has 1 atom stereocenters. The first-order chi connectivity index (χ1) is 13.6. The van der Waals surface area contributed by atoms with Crippen LogP contribution in [0.15, 0.2) is 48.5 Å². The van der Waals surface area contributed by atoms with Crippen LogP contribution in [0.1, 0.15) is 29.2 Å². The number of methoxy groups -OCH3 is 2. The second-order valence-corrected chi connectivity index (χ2v) is 6.41. The molecule has 0 fully saturated rings. The van der Waals surface area contributed by atoms with Crippen LogP contribution in [0.2, 0.25) is 0 Å². The molecule has 0 bridgehead atoms. The zero-order chi connectivity index (χ0) is 19.9. The van der Waals surface area contributed by atoms with Crippen LogP contribution in [0.3, 0.4) is 0 Å². The van der Waals surface area contributed by atoms with Crippen molar-refractivity contribution in [1.82, 2.24) is 5.32 Å². The summed E-state index contributed by atoms with van der Waals surface area (Å²) in [4.78, 5) is 24.0. The number of esters is 1. The molecular formula is C22H23NO5. The van der Waals surface area contributed by atoms with Gasteiger partial charge in [0.15, 0.2) is 18.1 Å². The lowest BCUT2D eigenvalue weighted by atomic mass is 10.1. The topological polar surface area (TPSA) is 73.9 Å². The van der Waals surface area contributed by atoms with Crippen LogP contribution >= 0.6 is 0 Å². The van der Waals surface area contributed by atoms with Gasteiger partial charge in [0.05, 0.1) is 20.3 Å². The molecule has 0 radical (unpaired) electrons. The van der Waals surface area contributed by atoms with Crippen LogP contribution in [-0.2, 0) is 20.7 Å². The van der Waals surface area contributed by atoms with Gasteiger partial charge in [-0.15, -0.1) is 0 Å². The minimum absolute atomic E-state index is 0.0234. The fourth-order valence-corrected chi connectivity index (χ4v) is 3.25. The molecule has 0 spiro atoms. The number of fused-ring (bicyclic) bond motifs is 1. The van der Waals surface area contributed by atoms with Gasteiger partial charge in [0.2, 0.25) is 0 Å². The zero-order valence-corrected chi connectivity index (χ0v) is 15.9. The molecule has 0 aromatic heterocycles. The quantitative estimate of drug-likeness (QED) is 0.589. The van der Waals surface area contributed by atoms with Gasteiger partial charge in [0.25, 0.3) is 5.91 Å². The van der Waals surface area contributed by atoms with Gasteiger partial charge >= 0.3 is 5.97 Å². The van der Waals surface area contributed by atoms with Gasteiger partial charge in [-0.1, -0.05) is 30.3 Å². The fourth-order valence-electron chi connectivity index (χ4n) is 3.25. The fraction of sp³-hybridized carbons (Fsp3) is 0.273. The molecule has 1 N–H and O–H groups in total. The smallest absolute Gasteiger partial charge is 0.331 e. The Bertz CT molecular complexity index is 890. The van der Waals surface area contributed by atoms with Crippen LogP contribution < -0.4 is 14.8 Å². The third-order valence-corrected chi connectivity index (χ3v) is 4.63. The van der Waals surface area contributed by atoms with Gasteiger partial charge in [0.1, 0.15) is 0 Å². The molecule has 28 heavy (non-hydrogen) atoms. The second-order valence-electron chi connectivity index (χ2n) is 6.41. The molecule has 1 aliphatic carbocycles. The van der Waals surface area contributed by atoms with Crippen molar-refractivity contribution in [2.45, 2.75) is 18.9 Å². The summed E-state index contributed by atoms with van der Waals surface area (Å²) < 4.78 is 15.4. The molecule has 0 aliphatic heterocycles. The molecule has 2 aromatic rings. The minimum atomic E-state index is -0.586. The van der Waals surface area contributed by atoms with E-state index in [0.29, 0.717) is 11.5 Å². The van der Waals surface area contributed by atoms with Crippen molar-refractivity contribution < 1.29 is 23.8 Å². The Balaban J connectivity index is 1.49. The van der Waals surface area contributed by atoms with Gasteiger partial charge < -0.3 is 19.5 Å². The summed E-state index contributed by atoms with van der Waals surface area (Å²) >= 11 is 0. The number of hydrogen-bond acceptors (Lipinski definition) is 5. The minimum Gasteiger partial charge on any atom is -0.493 e. The third kappa shape index (κ3) is 4.71. The highest BCUT2D eigenvalue weighted by Crippen LogP contribution is 2.30. The Labute approximate surface area is 164 Å². The van der Waals surface area contributed by atoms with Crippen LogP contribution in [0.4, 0.5) is 0 Å². The SMILES string of the molecule is COc1ccc(/C=C/C(=O)OCC(=O)NC2CCc3ccccc32)cc1OC. The Hall–Kier alpha value is -3.28. The first-order valence-electron chi connectivity index (χ1n) is 9.04. The lowest BCUT2D eigenvalue weighted by molar-refractivity contribution is -0.144. The Morgan fingerprint density at radius 2 is 1.89 bits per heavy atom. The molecular weight excluding hydrogens is 358 g/mol. The molecule has 0 saturated carbocycles. The Morgan fingerprint density at radius 3 is 2.68 bits per heavy atom. The number of benzene rings is 2. The van der Waals surface area contributed by atoms with Crippen molar-refractivity contribution in [3.05, 3.63) is 65.2 Å². The number of amides is 1. The van der Waals surface area contributed by atoms with Crippen molar-refractivity contribution in [2.24, 2.45) is 0 Å². The second kappa shape index (κ2) is 9.08. The highest BCUT2D eigenvalue weighted by atomic mass is 16.5. The predicted octanol–water partition coefficient (Wildman–Crippen LogP) is 3.06. The van der Waals surface area contributed by atoms with E-state index < -0.39 is 5.97 Å². The molecule has 146 valence electrons. The molecule has 6 nitrogen and oxygen atoms in total. The van der Waals surface area contributed by atoms with E-state index in [-0.39, 0.29) is 18.6 Å². The highest BCUT2D eigenvalue weighted by molar-refractivity contribution is 5.89. The third-order valence-electron chi connectivity index (χ3n) is 4.63. The molecule has 1 amide bonds. The largest absolute Gasteiger partial charge is 0.493 e. The molecule has 0 saturated heterocycles. The van der Waals surface area contributed by atoms with Crippen molar-refractivity contribution >= 4 is 18.0 Å². The number of rotatable bonds is 7. The summed E-state index contributed by atoms with van der Waals surface area (Å²) in [5, 5.41) is 2.92. The molecule has 1 aliphatic rings. The van der Waals surface area contributed by atoms with Gasteiger partial charge in [0, 0.05) is 6.08 Å². The molecule has 3 rings (SSSR count). The molecule has 6 heteroatoms. The summed E-state index contributed by atoms with van der Waals surface area (Å²) in [7, 11) is 3.10. The number of nitrogens with one attached hydrogen (secondary N) is 1. The number of aryl methyl sites for hydroxylation is 1. The maximum absolute atomic E-state index is 12.1. The van der Waals surface area contributed by atoms with Crippen molar-refractivity contribution in [3.8, 4) is 11.5 Å². The van der Waals surface area contributed by atoms with E-state index in [1.54, 1.807) is 38.5 Å². The van der Waals surface area contributed by atoms with E-state index in [0.717, 1.165) is 24.0 Å². The van der Waals surface area contributed by atoms with E-state index >= 15 is 0 Å². The summed E-state index contributed by atoms with van der Waals surface area (Å²) in [6.45, 7) is -0.312. The van der Waals surface area contributed by atoms with Gasteiger partial charge in [-0.2, -0.15) is 0 Å². The summed E-state index contributed by atoms with van der Waals surface area (Å²) in [5.74, 6) is 0.271. The van der Waals surface area contributed by atoms with Gasteiger partial charge in [-0.3, -0.25) is 4.79 Å². The molecule has 0 heterocycles. The standard InChI is InChI=1S/C22H23NO5/c1-26-19-11-7-15(13-20(19)27-2)8-12-22(25)28-14-21(24)23-18-10-9-16-5-3-4-6-17(16)18/h3-8,11-13,18H,9-10,14H2,1-2H3,(H,23,24)/b12-8+. The van der Waals surface area contributed by atoms with Crippen LogP contribution in [0, 0.1) is 0 Å². The molecule has 2 aromatic carbocycles. The molecule has 1 unspecified atom stereocenters. The highest BCUT2D eigenvalue weighted by Gasteiger charge is 2.23. The number of carbonyl (C=O) groups is 2. The zero-order valence-electron chi connectivity index (χ0n) is 15.9. The van der Waals surface area contributed by atoms with E-state index in [1.807, 2.05) is 18.2 Å². The first kappa shape index (κ1) is 19.5. The first-order valence-corrected chi connectivity index (χ1v) is 9.04. The van der Waals surface area contributed by atoms with Crippen LogP contribution in [0.5, 0.6) is 11.5 Å². The number of hydrogen-bond donors (Lipinski definition) is 1. The summed E-state index contributed by atoms with van der Waals surface area (Å²) in [6.07, 6.45) is 4.67. The summed E-state index contributed by atoms with van der Waals surface area (Å²) in [6, 6.07) is 13.3. The predicted molar refractivity (Wildman–Crippen MR) is 105 cm³/mol. The van der Waals surface area contributed by atoms with E-state index in [4.69, 9.17) is 14.2 Å². The van der Waals surface area contributed by atoms with Gasteiger partial charge in [-0.05, 0) is 47.7 Å². The van der Waals surface area contributed by atoms with Crippen LogP contribution in [0.25, 0.3) is 6.08 Å². The van der Waals surface area contributed by atoms with Crippen LogP contribution in [-0.4, -0.2) is 32.7 Å². The lowest BCUT2D eigenvalue weighted by Gasteiger charge is -2.13. The number of carbonyl (C=O) groups excluding carboxylic acids is 2. The van der Waals surface area contributed by atoms with E-state index in [2.05, 4.69) is 11.4 Å². The normalized spacial score (nSPS) is 15.1.